The predicted molar refractivity (Wildman–Crippen MR) is 59.0 cm³/mol. The molecule has 0 unspecified atom stereocenters. The van der Waals surface area contributed by atoms with Crippen molar-refractivity contribution in [2.75, 3.05) is 26.5 Å². The quantitative estimate of drug-likeness (QED) is 0.834. The van der Waals surface area contributed by atoms with Crippen LogP contribution in [0.15, 0.2) is 18.2 Å². The Kier molecular flexibility index (Phi) is 2.58. The van der Waals surface area contributed by atoms with E-state index in [2.05, 4.69) is 5.32 Å². The van der Waals surface area contributed by atoms with Crippen LogP contribution in [-0.2, 0) is 0 Å². The Morgan fingerprint density at radius 3 is 2.94 bits per heavy atom. The van der Waals surface area contributed by atoms with E-state index in [4.69, 9.17) is 14.2 Å². The maximum atomic E-state index is 5.67. The lowest BCUT2D eigenvalue weighted by atomic mass is 10.0. The van der Waals surface area contributed by atoms with E-state index in [-0.39, 0.29) is 0 Å². The molecule has 1 aromatic carbocycles. The van der Waals surface area contributed by atoms with Crippen LogP contribution in [0.5, 0.6) is 17.2 Å². The van der Waals surface area contributed by atoms with Crippen molar-refractivity contribution in [3.05, 3.63) is 18.2 Å². The average molecular weight is 221 g/mol. The van der Waals surface area contributed by atoms with Crippen LogP contribution in [0.25, 0.3) is 0 Å². The van der Waals surface area contributed by atoms with Gasteiger partial charge in [-0.2, -0.15) is 0 Å². The van der Waals surface area contributed by atoms with Crippen LogP contribution in [0, 0.1) is 5.92 Å². The number of benzene rings is 1. The minimum atomic E-state index is 0.312. The number of fused-ring (bicyclic) bond motifs is 1. The fraction of sp³-hybridized carbons (Fsp3) is 0.500. The molecule has 1 saturated heterocycles. The highest BCUT2D eigenvalue weighted by Crippen LogP contribution is 2.35. The highest BCUT2D eigenvalue weighted by molar-refractivity contribution is 5.46. The van der Waals surface area contributed by atoms with E-state index < -0.39 is 0 Å². The molecule has 1 aromatic rings. The summed E-state index contributed by atoms with van der Waals surface area (Å²) in [6, 6.07) is 5.70. The van der Waals surface area contributed by atoms with Gasteiger partial charge in [0.25, 0.3) is 0 Å². The molecule has 0 bridgehead atoms. The van der Waals surface area contributed by atoms with Gasteiger partial charge in [-0.15, -0.1) is 0 Å². The Morgan fingerprint density at radius 1 is 1.25 bits per heavy atom. The van der Waals surface area contributed by atoms with E-state index in [1.54, 1.807) is 0 Å². The second-order valence-corrected chi connectivity index (χ2v) is 4.18. The van der Waals surface area contributed by atoms with Crippen molar-refractivity contribution in [3.8, 4) is 17.2 Å². The Hall–Kier alpha value is -1.42. The van der Waals surface area contributed by atoms with Gasteiger partial charge in [0.05, 0.1) is 6.61 Å². The lowest BCUT2D eigenvalue weighted by molar-refractivity contribution is 0.173. The minimum Gasteiger partial charge on any atom is -0.493 e. The van der Waals surface area contributed by atoms with Gasteiger partial charge in [-0.05, 0) is 37.6 Å². The molecule has 2 aliphatic heterocycles. The van der Waals surface area contributed by atoms with Gasteiger partial charge in [-0.3, -0.25) is 0 Å². The molecule has 0 aromatic heterocycles. The van der Waals surface area contributed by atoms with E-state index >= 15 is 0 Å². The number of rotatable bonds is 4. The molecular weight excluding hydrogens is 206 g/mol. The molecule has 0 radical (unpaired) electrons. The second-order valence-electron chi connectivity index (χ2n) is 4.18. The van der Waals surface area contributed by atoms with Crippen molar-refractivity contribution in [2.24, 2.45) is 5.92 Å². The first-order chi connectivity index (χ1) is 7.92. The van der Waals surface area contributed by atoms with Crippen molar-refractivity contribution in [2.45, 2.75) is 6.42 Å². The lowest BCUT2D eigenvalue weighted by Gasteiger charge is -2.26. The molecule has 0 spiro atoms. The molecule has 1 fully saturated rings. The molecule has 0 saturated carbocycles. The van der Waals surface area contributed by atoms with Crippen LogP contribution >= 0.6 is 0 Å². The molecule has 2 aliphatic rings. The summed E-state index contributed by atoms with van der Waals surface area (Å²) in [5.74, 6) is 3.23. The zero-order valence-electron chi connectivity index (χ0n) is 9.07. The zero-order valence-corrected chi connectivity index (χ0v) is 9.07. The third-order valence-electron chi connectivity index (χ3n) is 3.00. The predicted octanol–water partition coefficient (Wildman–Crippen LogP) is 1.40. The van der Waals surface area contributed by atoms with Gasteiger partial charge in [-0.25, -0.2) is 0 Å². The van der Waals surface area contributed by atoms with Gasteiger partial charge in [0.15, 0.2) is 11.5 Å². The monoisotopic (exact) mass is 221 g/mol. The Balaban J connectivity index is 1.53. The maximum absolute atomic E-state index is 5.67. The minimum absolute atomic E-state index is 0.312. The molecule has 4 nitrogen and oxygen atoms in total. The molecule has 0 aliphatic carbocycles. The Bertz CT molecular complexity index is 377. The highest BCUT2D eigenvalue weighted by atomic mass is 16.7. The van der Waals surface area contributed by atoms with Crippen LogP contribution < -0.4 is 19.5 Å². The van der Waals surface area contributed by atoms with Crippen molar-refractivity contribution in [1.82, 2.24) is 5.32 Å². The van der Waals surface area contributed by atoms with Crippen LogP contribution in [0.3, 0.4) is 0 Å². The van der Waals surface area contributed by atoms with Crippen LogP contribution in [-0.4, -0.2) is 26.5 Å². The Morgan fingerprint density at radius 2 is 2.12 bits per heavy atom. The molecule has 0 amide bonds. The van der Waals surface area contributed by atoms with Gasteiger partial charge in [0, 0.05) is 6.07 Å². The standard InChI is InChI=1S/C12H15NO3/c1-2-11-12(16-8-15-11)5-10(1)14-4-3-9-6-13-7-9/h1-2,5,9,13H,3-4,6-8H2. The van der Waals surface area contributed by atoms with Crippen LogP contribution in [0.2, 0.25) is 0 Å². The average Bonchev–Trinajstić information content (AvgIpc) is 2.68. The molecule has 3 rings (SSSR count). The number of hydrogen-bond acceptors (Lipinski definition) is 4. The largest absolute Gasteiger partial charge is 0.493 e. The van der Waals surface area contributed by atoms with Gasteiger partial charge in [-0.1, -0.05) is 0 Å². The van der Waals surface area contributed by atoms with Crippen LogP contribution in [0.1, 0.15) is 6.42 Å². The molecule has 2 heterocycles. The fourth-order valence-corrected chi connectivity index (χ4v) is 1.86. The maximum Gasteiger partial charge on any atom is 0.231 e. The smallest absolute Gasteiger partial charge is 0.231 e. The fourth-order valence-electron chi connectivity index (χ4n) is 1.86. The number of hydrogen-bond donors (Lipinski definition) is 1. The third kappa shape index (κ3) is 1.93. The van der Waals surface area contributed by atoms with E-state index in [1.165, 1.54) is 0 Å². The van der Waals surface area contributed by atoms with Crippen molar-refractivity contribution in [1.29, 1.82) is 0 Å². The first kappa shape index (κ1) is 9.78. The summed E-state index contributed by atoms with van der Waals surface area (Å²) in [6.45, 7) is 3.34. The summed E-state index contributed by atoms with van der Waals surface area (Å²) >= 11 is 0. The molecule has 16 heavy (non-hydrogen) atoms. The normalized spacial score (nSPS) is 18.2. The third-order valence-corrected chi connectivity index (χ3v) is 3.00. The van der Waals surface area contributed by atoms with Crippen LogP contribution in [0.4, 0.5) is 0 Å². The first-order valence-corrected chi connectivity index (χ1v) is 5.65. The van der Waals surface area contributed by atoms with Crippen molar-refractivity contribution < 1.29 is 14.2 Å². The topological polar surface area (TPSA) is 39.7 Å². The SMILES string of the molecule is c1cc2c(cc1OCCC1CNC1)OCO2. The highest BCUT2D eigenvalue weighted by Gasteiger charge is 2.17. The van der Waals surface area contributed by atoms with E-state index in [9.17, 15) is 0 Å². The molecule has 1 N–H and O–H groups in total. The van der Waals surface area contributed by atoms with E-state index in [0.717, 1.165) is 49.3 Å². The lowest BCUT2D eigenvalue weighted by Crippen LogP contribution is -2.42. The molecular formula is C12H15NO3. The van der Waals surface area contributed by atoms with Gasteiger partial charge < -0.3 is 19.5 Å². The molecule has 86 valence electrons. The van der Waals surface area contributed by atoms with Gasteiger partial charge in [0.1, 0.15) is 5.75 Å². The Labute approximate surface area is 94.5 Å². The summed E-state index contributed by atoms with van der Waals surface area (Å²) in [7, 11) is 0. The molecule has 4 heteroatoms. The number of ether oxygens (including phenoxy) is 3. The van der Waals surface area contributed by atoms with Gasteiger partial charge in [0.2, 0.25) is 6.79 Å². The van der Waals surface area contributed by atoms with E-state index in [0.29, 0.717) is 6.79 Å². The summed E-state index contributed by atoms with van der Waals surface area (Å²) in [5, 5.41) is 3.25. The summed E-state index contributed by atoms with van der Waals surface area (Å²) < 4.78 is 16.2. The summed E-state index contributed by atoms with van der Waals surface area (Å²) in [4.78, 5) is 0. The van der Waals surface area contributed by atoms with E-state index in [1.807, 2.05) is 18.2 Å². The summed E-state index contributed by atoms with van der Waals surface area (Å²) in [5.41, 5.74) is 0. The number of nitrogens with one attached hydrogen (secondary N) is 1. The van der Waals surface area contributed by atoms with Crippen molar-refractivity contribution >= 4 is 0 Å². The summed E-state index contributed by atoms with van der Waals surface area (Å²) in [6.07, 6.45) is 1.11. The molecule has 0 atom stereocenters. The zero-order chi connectivity index (χ0) is 10.8. The van der Waals surface area contributed by atoms with Gasteiger partial charge >= 0.3 is 0 Å². The second kappa shape index (κ2) is 4.22. The first-order valence-electron chi connectivity index (χ1n) is 5.65. The van der Waals surface area contributed by atoms with Crippen molar-refractivity contribution in [3.63, 3.8) is 0 Å².